The highest BCUT2D eigenvalue weighted by atomic mass is 32.2. The number of anilines is 1. The van der Waals surface area contributed by atoms with Gasteiger partial charge < -0.3 is 10.4 Å². The van der Waals surface area contributed by atoms with Crippen molar-refractivity contribution in [3.05, 3.63) is 23.8 Å². The van der Waals surface area contributed by atoms with E-state index in [-0.39, 0.29) is 0 Å². The number of aliphatic carboxylic acids is 1. The Balaban J connectivity index is 0.000000295. The number of alkyl halides is 6. The Hall–Kier alpha value is -1.58. The lowest BCUT2D eigenvalue weighted by molar-refractivity contribution is -0.192. The van der Waals surface area contributed by atoms with Crippen molar-refractivity contribution in [2.45, 2.75) is 23.7 Å². The molecule has 0 amide bonds. The molecule has 0 spiro atoms. The second-order valence-corrected chi connectivity index (χ2v) is 5.28. The molecule has 3 nitrogen and oxygen atoms in total. The molecule has 0 aromatic heterocycles. The molecule has 1 aliphatic rings. The van der Waals surface area contributed by atoms with E-state index in [9.17, 15) is 26.3 Å². The van der Waals surface area contributed by atoms with Gasteiger partial charge in [-0.25, -0.2) is 4.79 Å². The van der Waals surface area contributed by atoms with Crippen molar-refractivity contribution >= 4 is 23.4 Å². The zero-order valence-electron chi connectivity index (χ0n) is 10.9. The number of benzene rings is 1. The first-order valence-electron chi connectivity index (χ1n) is 5.90. The zero-order chi connectivity index (χ0) is 17.0. The second-order valence-electron chi connectivity index (χ2n) is 4.14. The lowest BCUT2D eigenvalue weighted by atomic mass is 10.2. The van der Waals surface area contributed by atoms with Crippen LogP contribution in [-0.2, 0) is 11.0 Å². The monoisotopic (exact) mass is 347 g/mol. The van der Waals surface area contributed by atoms with Gasteiger partial charge in [-0.2, -0.15) is 26.3 Å². The number of hydrogen-bond acceptors (Lipinski definition) is 3. The standard InChI is InChI=1S/C10H10F3NS.C2HF3O2/c11-10(12,13)7-2-3-8-9(6-7)15-5-1-4-14-8;3-2(4,5)1(6)7/h2-3,6,14H,1,4-5H2;(H,6,7). The highest BCUT2D eigenvalue weighted by Crippen LogP contribution is 2.36. The van der Waals surface area contributed by atoms with E-state index in [0.29, 0.717) is 4.90 Å². The summed E-state index contributed by atoms with van der Waals surface area (Å²) in [6.07, 6.45) is -8.36. The zero-order valence-corrected chi connectivity index (χ0v) is 11.7. The summed E-state index contributed by atoms with van der Waals surface area (Å²) in [6, 6.07) is 3.85. The van der Waals surface area contributed by atoms with E-state index < -0.39 is 23.9 Å². The highest BCUT2D eigenvalue weighted by Gasteiger charge is 2.38. The molecule has 0 atom stereocenters. The van der Waals surface area contributed by atoms with Gasteiger partial charge in [-0.3, -0.25) is 0 Å². The van der Waals surface area contributed by atoms with Gasteiger partial charge in [-0.1, -0.05) is 0 Å². The highest BCUT2D eigenvalue weighted by molar-refractivity contribution is 7.99. The topological polar surface area (TPSA) is 49.3 Å². The van der Waals surface area contributed by atoms with Crippen molar-refractivity contribution in [3.8, 4) is 0 Å². The molecule has 0 saturated carbocycles. The number of halogens is 6. The summed E-state index contributed by atoms with van der Waals surface area (Å²) >= 11 is 1.48. The molecule has 2 N–H and O–H groups in total. The molecule has 22 heavy (non-hydrogen) atoms. The minimum atomic E-state index is -5.08. The van der Waals surface area contributed by atoms with E-state index in [1.165, 1.54) is 23.9 Å². The molecule has 0 saturated heterocycles. The lowest BCUT2D eigenvalue weighted by Crippen LogP contribution is -2.21. The first kappa shape index (κ1) is 18.5. The van der Waals surface area contributed by atoms with Crippen LogP contribution >= 0.6 is 11.8 Å². The number of carbonyl (C=O) groups is 1. The van der Waals surface area contributed by atoms with Gasteiger partial charge in [0.05, 0.1) is 5.56 Å². The van der Waals surface area contributed by atoms with Crippen molar-refractivity contribution in [1.29, 1.82) is 0 Å². The molecule has 0 radical (unpaired) electrons. The van der Waals surface area contributed by atoms with Gasteiger partial charge in [-0.15, -0.1) is 11.8 Å². The van der Waals surface area contributed by atoms with Gasteiger partial charge in [0.1, 0.15) is 0 Å². The summed E-state index contributed by atoms with van der Waals surface area (Å²) in [5.74, 6) is -1.89. The van der Waals surface area contributed by atoms with Gasteiger partial charge in [0.2, 0.25) is 0 Å². The molecular weight excluding hydrogens is 336 g/mol. The number of carboxylic acids is 1. The van der Waals surface area contributed by atoms with Crippen molar-refractivity contribution < 1.29 is 36.2 Å². The minimum absolute atomic E-state index is 0.572. The fourth-order valence-electron chi connectivity index (χ4n) is 1.44. The van der Waals surface area contributed by atoms with Crippen molar-refractivity contribution in [2.24, 2.45) is 0 Å². The Labute approximate surface area is 125 Å². The first-order chi connectivity index (χ1) is 10.0. The smallest absolute Gasteiger partial charge is 0.475 e. The number of thioether (sulfide) groups is 1. The predicted molar refractivity (Wildman–Crippen MR) is 69.0 cm³/mol. The van der Waals surface area contributed by atoms with Crippen LogP contribution in [0.3, 0.4) is 0 Å². The molecule has 0 fully saturated rings. The van der Waals surface area contributed by atoms with Crippen molar-refractivity contribution in [1.82, 2.24) is 0 Å². The quantitative estimate of drug-likeness (QED) is 0.689. The Morgan fingerprint density at radius 2 is 1.77 bits per heavy atom. The number of hydrogen-bond donors (Lipinski definition) is 2. The summed E-state index contributed by atoms with van der Waals surface area (Å²) in [5, 5.41) is 10.2. The van der Waals surface area contributed by atoms with Crippen LogP contribution in [0, 0.1) is 0 Å². The summed E-state index contributed by atoms with van der Waals surface area (Å²) in [5.41, 5.74) is 0.239. The van der Waals surface area contributed by atoms with E-state index in [0.717, 1.165) is 30.5 Å². The van der Waals surface area contributed by atoms with Crippen LogP contribution in [0.1, 0.15) is 12.0 Å². The molecule has 2 rings (SSSR count). The first-order valence-corrected chi connectivity index (χ1v) is 6.88. The van der Waals surface area contributed by atoms with Crippen LogP contribution in [0.2, 0.25) is 0 Å². The Morgan fingerprint density at radius 1 is 1.18 bits per heavy atom. The van der Waals surface area contributed by atoms with Gasteiger partial charge in [-0.05, 0) is 30.4 Å². The van der Waals surface area contributed by atoms with E-state index in [4.69, 9.17) is 9.90 Å². The summed E-state index contributed by atoms with van der Waals surface area (Å²) < 4.78 is 69.0. The van der Waals surface area contributed by atoms with Gasteiger partial charge in [0.25, 0.3) is 0 Å². The van der Waals surface area contributed by atoms with Crippen LogP contribution in [0.5, 0.6) is 0 Å². The van der Waals surface area contributed by atoms with E-state index >= 15 is 0 Å². The molecule has 124 valence electrons. The molecule has 0 bridgehead atoms. The summed E-state index contributed by atoms with van der Waals surface area (Å²) in [7, 11) is 0. The normalized spacial score (nSPS) is 14.8. The van der Waals surface area contributed by atoms with Crippen LogP contribution in [0.15, 0.2) is 23.1 Å². The molecule has 10 heteroatoms. The third-order valence-corrected chi connectivity index (χ3v) is 3.59. The Morgan fingerprint density at radius 3 is 2.27 bits per heavy atom. The van der Waals surface area contributed by atoms with E-state index in [1.54, 1.807) is 0 Å². The number of fused-ring (bicyclic) bond motifs is 1. The fraction of sp³-hybridized carbons (Fsp3) is 0.417. The van der Waals surface area contributed by atoms with Gasteiger partial charge in [0, 0.05) is 17.1 Å². The minimum Gasteiger partial charge on any atom is -0.475 e. The fourth-order valence-corrected chi connectivity index (χ4v) is 2.46. The average Bonchev–Trinajstić information content (AvgIpc) is 2.61. The number of nitrogens with one attached hydrogen (secondary N) is 1. The third kappa shape index (κ3) is 5.66. The molecule has 0 unspecified atom stereocenters. The maximum Gasteiger partial charge on any atom is 0.490 e. The largest absolute Gasteiger partial charge is 0.490 e. The van der Waals surface area contributed by atoms with Crippen LogP contribution in [0.25, 0.3) is 0 Å². The number of rotatable bonds is 0. The molecule has 1 aliphatic heterocycles. The number of carboxylic acid groups (broad SMARTS) is 1. The third-order valence-electron chi connectivity index (χ3n) is 2.45. The van der Waals surface area contributed by atoms with E-state index in [2.05, 4.69) is 5.32 Å². The maximum atomic E-state index is 12.4. The molecular formula is C12H11F6NO2S. The summed E-state index contributed by atoms with van der Waals surface area (Å²) in [4.78, 5) is 9.59. The predicted octanol–water partition coefficient (Wildman–Crippen LogP) is 4.25. The molecule has 1 heterocycles. The maximum absolute atomic E-state index is 12.4. The molecule has 1 aromatic rings. The Bertz CT molecular complexity index is 529. The lowest BCUT2D eigenvalue weighted by Gasteiger charge is -2.11. The van der Waals surface area contributed by atoms with Crippen LogP contribution in [-0.4, -0.2) is 29.5 Å². The van der Waals surface area contributed by atoms with E-state index in [1.807, 2.05) is 0 Å². The van der Waals surface area contributed by atoms with Crippen LogP contribution in [0.4, 0.5) is 32.0 Å². The Kier molecular flexibility index (Phi) is 5.98. The summed E-state index contributed by atoms with van der Waals surface area (Å²) in [6.45, 7) is 0.825. The van der Waals surface area contributed by atoms with Crippen molar-refractivity contribution in [2.75, 3.05) is 17.6 Å². The molecule has 0 aliphatic carbocycles. The SMILES string of the molecule is FC(F)(F)c1ccc2c(c1)SCCCN2.O=C(O)C(F)(F)F. The second kappa shape index (κ2) is 7.12. The average molecular weight is 347 g/mol. The van der Waals surface area contributed by atoms with Gasteiger partial charge in [0.15, 0.2) is 0 Å². The molecule has 1 aromatic carbocycles. The van der Waals surface area contributed by atoms with Gasteiger partial charge >= 0.3 is 18.3 Å². The van der Waals surface area contributed by atoms with Crippen LogP contribution < -0.4 is 5.32 Å². The van der Waals surface area contributed by atoms with Crippen molar-refractivity contribution in [3.63, 3.8) is 0 Å².